The molecule has 1 saturated carbocycles. The van der Waals surface area contributed by atoms with E-state index in [-0.39, 0.29) is 0 Å². The molecule has 1 aromatic rings. The van der Waals surface area contributed by atoms with Crippen LogP contribution in [0, 0.1) is 11.3 Å². The van der Waals surface area contributed by atoms with Crippen LogP contribution in [0.4, 0.5) is 5.69 Å². The molecule has 1 fully saturated rings. The number of hydrogen-bond donors (Lipinski definition) is 0. The molecule has 1 aliphatic rings. The number of hydrogen-bond acceptors (Lipinski definition) is 2. The fraction of sp³-hybridized carbons (Fsp3) is 0.500. The number of nitriles is 1. The Bertz CT molecular complexity index is 432. The van der Waals surface area contributed by atoms with Gasteiger partial charge in [-0.2, -0.15) is 5.26 Å². The van der Waals surface area contributed by atoms with Gasteiger partial charge < -0.3 is 4.90 Å². The van der Waals surface area contributed by atoms with Gasteiger partial charge in [0.2, 0.25) is 0 Å². The maximum Gasteiger partial charge on any atom is 0.101 e. The number of nitrogens with zero attached hydrogens (tertiary/aromatic N) is 2. The summed E-state index contributed by atoms with van der Waals surface area (Å²) >= 11 is 3.50. The molecule has 0 bridgehead atoms. The first kappa shape index (κ1) is 12.4. The lowest BCUT2D eigenvalue weighted by Crippen LogP contribution is -2.27. The molecule has 1 aromatic carbocycles. The summed E-state index contributed by atoms with van der Waals surface area (Å²) in [6, 6.07) is 8.87. The van der Waals surface area contributed by atoms with Gasteiger partial charge in [-0.05, 0) is 37.5 Å². The Kier molecular flexibility index (Phi) is 4.06. The van der Waals surface area contributed by atoms with E-state index in [1.54, 1.807) is 0 Å². The van der Waals surface area contributed by atoms with Gasteiger partial charge in [-0.15, -0.1) is 0 Å². The predicted molar refractivity (Wildman–Crippen MR) is 74.1 cm³/mol. The second-order valence-corrected chi connectivity index (χ2v) is 5.47. The van der Waals surface area contributed by atoms with Gasteiger partial charge in [0.05, 0.1) is 11.3 Å². The molecular weight excluding hydrogens is 276 g/mol. The Labute approximate surface area is 111 Å². The second kappa shape index (κ2) is 5.55. The molecule has 0 spiro atoms. The van der Waals surface area contributed by atoms with Gasteiger partial charge in [-0.25, -0.2) is 0 Å². The molecule has 0 aromatic heterocycles. The van der Waals surface area contributed by atoms with Crippen molar-refractivity contribution < 1.29 is 0 Å². The molecule has 0 radical (unpaired) electrons. The second-order valence-electron chi connectivity index (χ2n) is 4.55. The van der Waals surface area contributed by atoms with E-state index in [9.17, 15) is 5.26 Å². The summed E-state index contributed by atoms with van der Waals surface area (Å²) in [6.07, 6.45) is 4.91. The molecule has 0 N–H and O–H groups in total. The number of rotatable bonds is 5. The van der Waals surface area contributed by atoms with Crippen LogP contribution < -0.4 is 4.90 Å². The van der Waals surface area contributed by atoms with Crippen LogP contribution in [0.25, 0.3) is 0 Å². The molecule has 0 amide bonds. The normalized spacial score (nSPS) is 14.4. The van der Waals surface area contributed by atoms with E-state index in [0.717, 1.165) is 22.3 Å². The molecule has 0 atom stereocenters. The Morgan fingerprint density at radius 3 is 2.82 bits per heavy atom. The summed E-state index contributed by atoms with van der Waals surface area (Å²) in [6.45, 7) is 3.27. The van der Waals surface area contributed by atoms with Crippen LogP contribution in [0.1, 0.15) is 38.2 Å². The minimum Gasteiger partial charge on any atom is -0.367 e. The number of unbranched alkanes of at least 4 members (excludes halogenated alkanes) is 1. The highest BCUT2D eigenvalue weighted by molar-refractivity contribution is 9.10. The third kappa shape index (κ3) is 3.01. The first-order valence-electron chi connectivity index (χ1n) is 6.22. The van der Waals surface area contributed by atoms with Crippen molar-refractivity contribution in [3.05, 3.63) is 28.2 Å². The van der Waals surface area contributed by atoms with Gasteiger partial charge in [-0.1, -0.05) is 29.3 Å². The maximum atomic E-state index is 9.19. The van der Waals surface area contributed by atoms with E-state index in [0.29, 0.717) is 6.04 Å². The lowest BCUT2D eigenvalue weighted by molar-refractivity contribution is 0.712. The van der Waals surface area contributed by atoms with Crippen molar-refractivity contribution in [2.24, 2.45) is 0 Å². The van der Waals surface area contributed by atoms with Crippen LogP contribution in [0.5, 0.6) is 0 Å². The van der Waals surface area contributed by atoms with Crippen LogP contribution in [0.3, 0.4) is 0 Å². The number of halogens is 1. The summed E-state index contributed by atoms with van der Waals surface area (Å²) < 4.78 is 1.05. The average molecular weight is 293 g/mol. The van der Waals surface area contributed by atoms with Gasteiger partial charge in [0.25, 0.3) is 0 Å². The summed E-state index contributed by atoms with van der Waals surface area (Å²) in [4.78, 5) is 2.41. The van der Waals surface area contributed by atoms with E-state index in [2.05, 4.69) is 39.9 Å². The molecule has 17 heavy (non-hydrogen) atoms. The minimum atomic E-state index is 0.656. The summed E-state index contributed by atoms with van der Waals surface area (Å²) in [7, 11) is 0. The van der Waals surface area contributed by atoms with Crippen molar-refractivity contribution in [1.29, 1.82) is 5.26 Å². The highest BCUT2D eigenvalue weighted by atomic mass is 79.9. The molecule has 0 unspecified atom stereocenters. The third-order valence-electron chi connectivity index (χ3n) is 3.13. The lowest BCUT2D eigenvalue weighted by Gasteiger charge is -2.25. The molecule has 1 aliphatic carbocycles. The summed E-state index contributed by atoms with van der Waals surface area (Å²) in [5, 5.41) is 9.19. The fourth-order valence-corrected chi connectivity index (χ4v) is 2.40. The van der Waals surface area contributed by atoms with Crippen molar-refractivity contribution in [3.63, 3.8) is 0 Å². The molecular formula is C14H17BrN2. The lowest BCUT2D eigenvalue weighted by atomic mass is 10.1. The van der Waals surface area contributed by atoms with Crippen LogP contribution in [-0.2, 0) is 0 Å². The van der Waals surface area contributed by atoms with E-state index in [1.807, 2.05) is 12.1 Å². The van der Waals surface area contributed by atoms with Crippen molar-refractivity contribution in [1.82, 2.24) is 0 Å². The van der Waals surface area contributed by atoms with Crippen LogP contribution >= 0.6 is 15.9 Å². The van der Waals surface area contributed by atoms with Gasteiger partial charge in [-0.3, -0.25) is 0 Å². The molecule has 0 saturated heterocycles. The highest BCUT2D eigenvalue weighted by Gasteiger charge is 2.30. The first-order chi connectivity index (χ1) is 8.26. The third-order valence-corrected chi connectivity index (χ3v) is 3.62. The minimum absolute atomic E-state index is 0.656. The zero-order valence-corrected chi connectivity index (χ0v) is 11.7. The van der Waals surface area contributed by atoms with Crippen molar-refractivity contribution in [3.8, 4) is 6.07 Å². The zero-order chi connectivity index (χ0) is 12.3. The van der Waals surface area contributed by atoms with Gasteiger partial charge in [0.1, 0.15) is 6.07 Å². The van der Waals surface area contributed by atoms with E-state index >= 15 is 0 Å². The Morgan fingerprint density at radius 1 is 1.47 bits per heavy atom. The molecule has 2 nitrogen and oxygen atoms in total. The van der Waals surface area contributed by atoms with Crippen molar-refractivity contribution in [2.75, 3.05) is 11.4 Å². The van der Waals surface area contributed by atoms with Gasteiger partial charge in [0.15, 0.2) is 0 Å². The molecule has 0 heterocycles. The van der Waals surface area contributed by atoms with Crippen LogP contribution in [0.2, 0.25) is 0 Å². The molecule has 90 valence electrons. The van der Waals surface area contributed by atoms with Crippen molar-refractivity contribution >= 4 is 21.6 Å². The van der Waals surface area contributed by atoms with E-state index < -0.39 is 0 Å². The standard InChI is InChI=1S/C14H17BrN2/c1-2-3-8-17(13-6-7-13)14-9-12(15)5-4-11(14)10-16/h4-5,9,13H,2-3,6-8H2,1H3. The smallest absolute Gasteiger partial charge is 0.101 e. The fourth-order valence-electron chi connectivity index (χ4n) is 2.05. The molecule has 2 rings (SSSR count). The topological polar surface area (TPSA) is 27.0 Å². The largest absolute Gasteiger partial charge is 0.367 e. The van der Waals surface area contributed by atoms with Crippen molar-refractivity contribution in [2.45, 2.75) is 38.6 Å². The molecule has 0 aliphatic heterocycles. The summed E-state index contributed by atoms with van der Waals surface area (Å²) in [5.41, 5.74) is 1.88. The van der Waals surface area contributed by atoms with Gasteiger partial charge >= 0.3 is 0 Å². The number of benzene rings is 1. The van der Waals surface area contributed by atoms with E-state index in [4.69, 9.17) is 0 Å². The zero-order valence-electron chi connectivity index (χ0n) is 10.1. The summed E-state index contributed by atoms with van der Waals surface area (Å²) in [5.74, 6) is 0. The highest BCUT2D eigenvalue weighted by Crippen LogP contribution is 2.35. The Balaban J connectivity index is 2.27. The van der Waals surface area contributed by atoms with Gasteiger partial charge in [0, 0.05) is 17.1 Å². The Morgan fingerprint density at radius 2 is 2.24 bits per heavy atom. The SMILES string of the molecule is CCCCN(c1cc(Br)ccc1C#N)C1CC1. The Hall–Kier alpha value is -1.01. The van der Waals surface area contributed by atoms with E-state index in [1.165, 1.54) is 25.7 Å². The monoisotopic (exact) mass is 292 g/mol. The quantitative estimate of drug-likeness (QED) is 0.817. The number of anilines is 1. The first-order valence-corrected chi connectivity index (χ1v) is 7.02. The van der Waals surface area contributed by atoms with Crippen LogP contribution in [-0.4, -0.2) is 12.6 Å². The maximum absolute atomic E-state index is 9.19. The average Bonchev–Trinajstić information content (AvgIpc) is 3.14. The predicted octanol–water partition coefficient (Wildman–Crippen LogP) is 4.09. The molecule has 3 heteroatoms. The van der Waals surface area contributed by atoms with Crippen LogP contribution in [0.15, 0.2) is 22.7 Å².